The molecular formula is C24H34N4O2. The molecular weight excluding hydrogens is 376 g/mol. The van der Waals surface area contributed by atoms with Crippen LogP contribution in [0.4, 0.5) is 0 Å². The van der Waals surface area contributed by atoms with E-state index in [2.05, 4.69) is 22.5 Å². The number of amides is 1. The van der Waals surface area contributed by atoms with Gasteiger partial charge < -0.3 is 15.0 Å². The lowest BCUT2D eigenvalue weighted by Gasteiger charge is -2.25. The fourth-order valence-corrected chi connectivity index (χ4v) is 4.88. The number of aryl methyl sites for hydroxylation is 1. The number of ether oxygens (including phenoxy) is 1. The van der Waals surface area contributed by atoms with Gasteiger partial charge in [-0.05, 0) is 56.7 Å². The Hall–Kier alpha value is -2.34. The van der Waals surface area contributed by atoms with Crippen molar-refractivity contribution in [2.75, 3.05) is 26.7 Å². The van der Waals surface area contributed by atoms with E-state index >= 15 is 0 Å². The molecule has 2 aliphatic rings. The number of hydrogen-bond acceptors (Lipinski definition) is 4. The minimum Gasteiger partial charge on any atom is -0.496 e. The highest BCUT2D eigenvalue weighted by Crippen LogP contribution is 2.26. The zero-order valence-electron chi connectivity index (χ0n) is 18.3. The molecule has 6 heteroatoms. The van der Waals surface area contributed by atoms with Crippen molar-refractivity contribution in [3.05, 3.63) is 46.8 Å². The predicted molar refractivity (Wildman–Crippen MR) is 118 cm³/mol. The summed E-state index contributed by atoms with van der Waals surface area (Å²) in [6.07, 6.45) is 8.52. The van der Waals surface area contributed by atoms with E-state index in [9.17, 15) is 4.79 Å². The van der Waals surface area contributed by atoms with Crippen LogP contribution in [-0.2, 0) is 26.3 Å². The largest absolute Gasteiger partial charge is 0.496 e. The van der Waals surface area contributed by atoms with Gasteiger partial charge in [0.15, 0.2) is 5.69 Å². The van der Waals surface area contributed by atoms with Crippen molar-refractivity contribution in [1.82, 2.24) is 20.0 Å². The van der Waals surface area contributed by atoms with Crippen LogP contribution in [0.2, 0.25) is 0 Å². The molecule has 2 heterocycles. The minimum atomic E-state index is 0.128. The van der Waals surface area contributed by atoms with Crippen LogP contribution in [0.15, 0.2) is 24.3 Å². The molecule has 1 N–H and O–H groups in total. The van der Waals surface area contributed by atoms with Crippen LogP contribution in [0.5, 0.6) is 5.75 Å². The quantitative estimate of drug-likeness (QED) is 0.795. The van der Waals surface area contributed by atoms with Crippen molar-refractivity contribution >= 4 is 5.91 Å². The van der Waals surface area contributed by atoms with Crippen LogP contribution < -0.4 is 10.1 Å². The topological polar surface area (TPSA) is 59.4 Å². The van der Waals surface area contributed by atoms with E-state index in [0.29, 0.717) is 11.7 Å². The van der Waals surface area contributed by atoms with Crippen molar-refractivity contribution in [3.63, 3.8) is 0 Å². The van der Waals surface area contributed by atoms with Crippen LogP contribution >= 0.6 is 0 Å². The molecule has 1 saturated heterocycles. The molecule has 0 spiro atoms. The Kier molecular flexibility index (Phi) is 6.72. The maximum atomic E-state index is 13.2. The molecule has 162 valence electrons. The lowest BCUT2D eigenvalue weighted by molar-refractivity contribution is 0.0753. The second-order valence-electron chi connectivity index (χ2n) is 8.56. The van der Waals surface area contributed by atoms with E-state index in [1.807, 2.05) is 28.8 Å². The number of carbonyl (C=O) groups is 1. The highest BCUT2D eigenvalue weighted by molar-refractivity contribution is 5.94. The first-order valence-corrected chi connectivity index (χ1v) is 11.4. The monoisotopic (exact) mass is 410 g/mol. The fraction of sp³-hybridized carbons (Fsp3) is 0.583. The molecule has 0 unspecified atom stereocenters. The SMILES string of the molecule is COc1ccccc1CCN[C@@H]1CCc2c(c(C(=O)N3CCCCCC3)nn2C)C1. The van der Waals surface area contributed by atoms with Crippen molar-refractivity contribution in [3.8, 4) is 5.75 Å². The minimum absolute atomic E-state index is 0.128. The van der Waals surface area contributed by atoms with Gasteiger partial charge in [0.05, 0.1) is 7.11 Å². The standard InChI is InChI=1S/C24H34N4O2/c1-27-21-12-11-19(25-14-13-18-9-5-6-10-22(18)30-2)17-20(21)23(26-27)24(29)28-15-7-3-4-8-16-28/h5-6,9-10,19,25H,3-4,7-8,11-17H2,1-2H3/t19-/m1/s1. The predicted octanol–water partition coefficient (Wildman–Crippen LogP) is 3.13. The summed E-state index contributed by atoms with van der Waals surface area (Å²) in [6.45, 7) is 2.63. The van der Waals surface area contributed by atoms with Crippen molar-refractivity contribution in [2.24, 2.45) is 7.05 Å². The van der Waals surface area contributed by atoms with Gasteiger partial charge in [-0.2, -0.15) is 5.10 Å². The summed E-state index contributed by atoms with van der Waals surface area (Å²) < 4.78 is 7.40. The summed E-state index contributed by atoms with van der Waals surface area (Å²) >= 11 is 0. The fourth-order valence-electron chi connectivity index (χ4n) is 4.88. The average Bonchev–Trinajstić information content (AvgIpc) is 2.94. The maximum absolute atomic E-state index is 13.2. The molecule has 1 amide bonds. The molecule has 0 saturated carbocycles. The molecule has 1 aromatic carbocycles. The number of benzene rings is 1. The van der Waals surface area contributed by atoms with E-state index in [1.54, 1.807) is 7.11 Å². The first-order chi connectivity index (χ1) is 14.7. The lowest BCUT2D eigenvalue weighted by atomic mass is 9.91. The first-order valence-electron chi connectivity index (χ1n) is 11.4. The number of nitrogens with zero attached hydrogens (tertiary/aromatic N) is 3. The zero-order chi connectivity index (χ0) is 20.9. The summed E-state index contributed by atoms with van der Waals surface area (Å²) in [5, 5.41) is 8.37. The highest BCUT2D eigenvalue weighted by atomic mass is 16.5. The van der Waals surface area contributed by atoms with Gasteiger partial charge in [0.25, 0.3) is 5.91 Å². The first kappa shape index (κ1) is 20.9. The Labute approximate surface area is 179 Å². The Morgan fingerprint density at radius 3 is 2.73 bits per heavy atom. The van der Waals surface area contributed by atoms with E-state index in [0.717, 1.165) is 69.5 Å². The smallest absolute Gasteiger partial charge is 0.274 e. The second kappa shape index (κ2) is 9.65. The molecule has 1 aliphatic heterocycles. The molecule has 6 nitrogen and oxygen atoms in total. The lowest BCUT2D eigenvalue weighted by Crippen LogP contribution is -2.37. The summed E-state index contributed by atoms with van der Waals surface area (Å²) in [4.78, 5) is 15.3. The van der Waals surface area contributed by atoms with Crippen molar-refractivity contribution < 1.29 is 9.53 Å². The molecule has 1 fully saturated rings. The third-order valence-corrected chi connectivity index (χ3v) is 6.57. The number of hydrogen-bond donors (Lipinski definition) is 1. The third-order valence-electron chi connectivity index (χ3n) is 6.57. The van der Waals surface area contributed by atoms with Crippen LogP contribution in [0.3, 0.4) is 0 Å². The van der Waals surface area contributed by atoms with Gasteiger partial charge in [0.1, 0.15) is 5.75 Å². The van der Waals surface area contributed by atoms with Crippen molar-refractivity contribution in [1.29, 1.82) is 0 Å². The second-order valence-corrected chi connectivity index (χ2v) is 8.56. The number of aromatic nitrogens is 2. The number of nitrogens with one attached hydrogen (secondary N) is 1. The number of carbonyl (C=O) groups excluding carboxylic acids is 1. The molecule has 4 rings (SSSR count). The maximum Gasteiger partial charge on any atom is 0.274 e. The molecule has 0 bridgehead atoms. The van der Waals surface area contributed by atoms with Crippen LogP contribution in [0.1, 0.15) is 59.4 Å². The van der Waals surface area contributed by atoms with E-state index in [4.69, 9.17) is 4.74 Å². The van der Waals surface area contributed by atoms with Crippen molar-refractivity contribution in [2.45, 2.75) is 57.4 Å². The number of para-hydroxylation sites is 1. The van der Waals surface area contributed by atoms with Gasteiger partial charge in [-0.1, -0.05) is 31.0 Å². The van der Waals surface area contributed by atoms with Gasteiger partial charge in [-0.15, -0.1) is 0 Å². The summed E-state index contributed by atoms with van der Waals surface area (Å²) in [7, 11) is 3.70. The van der Waals surface area contributed by atoms with E-state index in [1.165, 1.54) is 24.1 Å². The normalized spacial score (nSPS) is 19.3. The summed E-state index contributed by atoms with van der Waals surface area (Å²) in [5.41, 5.74) is 4.30. The zero-order valence-corrected chi connectivity index (χ0v) is 18.3. The Morgan fingerprint density at radius 1 is 1.20 bits per heavy atom. The van der Waals surface area contributed by atoms with Gasteiger partial charge in [0.2, 0.25) is 0 Å². The number of likely N-dealkylation sites (tertiary alicyclic amines) is 1. The van der Waals surface area contributed by atoms with Gasteiger partial charge in [-0.3, -0.25) is 9.48 Å². The van der Waals surface area contributed by atoms with Crippen LogP contribution in [0.25, 0.3) is 0 Å². The number of fused-ring (bicyclic) bond motifs is 1. The molecule has 1 atom stereocenters. The Morgan fingerprint density at radius 2 is 1.97 bits per heavy atom. The molecule has 30 heavy (non-hydrogen) atoms. The Balaban J connectivity index is 1.41. The summed E-state index contributed by atoms with van der Waals surface area (Å²) in [6, 6.07) is 8.58. The summed E-state index contributed by atoms with van der Waals surface area (Å²) in [5.74, 6) is 1.08. The number of methoxy groups -OCH3 is 1. The molecule has 1 aliphatic carbocycles. The van der Waals surface area contributed by atoms with Gasteiger partial charge >= 0.3 is 0 Å². The van der Waals surface area contributed by atoms with Crippen LogP contribution in [0, 0.1) is 0 Å². The molecule has 0 radical (unpaired) electrons. The van der Waals surface area contributed by atoms with E-state index < -0.39 is 0 Å². The van der Waals surface area contributed by atoms with Crippen LogP contribution in [-0.4, -0.2) is 53.4 Å². The Bertz CT molecular complexity index is 868. The molecule has 2 aromatic rings. The van der Waals surface area contributed by atoms with Gasteiger partial charge in [-0.25, -0.2) is 0 Å². The van der Waals surface area contributed by atoms with Gasteiger partial charge in [0, 0.05) is 37.4 Å². The third kappa shape index (κ3) is 4.53. The highest BCUT2D eigenvalue weighted by Gasteiger charge is 2.30. The van der Waals surface area contributed by atoms with E-state index in [-0.39, 0.29) is 5.91 Å². The average molecular weight is 411 g/mol. The number of rotatable bonds is 6. The molecule has 1 aromatic heterocycles.